The van der Waals surface area contributed by atoms with E-state index in [1.807, 2.05) is 17.9 Å². The molecule has 1 saturated heterocycles. The van der Waals surface area contributed by atoms with Crippen molar-refractivity contribution in [2.45, 2.75) is 38.5 Å². The summed E-state index contributed by atoms with van der Waals surface area (Å²) in [6.07, 6.45) is 1.37. The van der Waals surface area contributed by atoms with Gasteiger partial charge < -0.3 is 10.0 Å². The van der Waals surface area contributed by atoms with Crippen LogP contribution in [0.5, 0.6) is 0 Å². The number of hydrogen-bond donors (Lipinski definition) is 1. The van der Waals surface area contributed by atoms with Gasteiger partial charge in [0.25, 0.3) is 0 Å². The van der Waals surface area contributed by atoms with Gasteiger partial charge in [-0.2, -0.15) is 0 Å². The first kappa shape index (κ1) is 15.9. The van der Waals surface area contributed by atoms with Gasteiger partial charge in [0, 0.05) is 20.1 Å². The molecule has 5 heteroatoms. The minimum Gasteiger partial charge on any atom is -0.392 e. The molecule has 1 N–H and O–H groups in total. The highest BCUT2D eigenvalue weighted by Gasteiger charge is 2.28. The normalized spacial score (nSPS) is 21.0. The van der Waals surface area contributed by atoms with E-state index in [2.05, 4.69) is 0 Å². The summed E-state index contributed by atoms with van der Waals surface area (Å²) in [5.74, 6) is -0.297. The van der Waals surface area contributed by atoms with E-state index in [0.717, 1.165) is 24.9 Å². The van der Waals surface area contributed by atoms with Crippen molar-refractivity contribution in [1.82, 2.24) is 9.80 Å². The number of hydrogen-bond acceptors (Lipinski definition) is 3. The number of carbonyl (C=O) groups is 1. The maximum absolute atomic E-state index is 13.2. The second-order valence-corrected chi connectivity index (χ2v) is 5.79. The van der Waals surface area contributed by atoms with Crippen molar-refractivity contribution < 1.29 is 14.3 Å². The number of benzene rings is 1. The topological polar surface area (TPSA) is 43.8 Å². The fourth-order valence-electron chi connectivity index (χ4n) is 2.80. The molecule has 4 nitrogen and oxygen atoms in total. The maximum atomic E-state index is 13.2. The highest BCUT2D eigenvalue weighted by molar-refractivity contribution is 5.81. The Balaban J connectivity index is 1.95. The molecule has 116 valence electrons. The molecule has 1 aromatic rings. The molecule has 1 aliphatic heterocycles. The second-order valence-electron chi connectivity index (χ2n) is 5.79. The fraction of sp³-hybridized carbons (Fsp3) is 0.562. The molecule has 1 amide bonds. The van der Waals surface area contributed by atoms with Crippen LogP contribution < -0.4 is 0 Å². The lowest BCUT2D eigenvalue weighted by Gasteiger charge is -2.35. The van der Waals surface area contributed by atoms with Crippen LogP contribution in [0.4, 0.5) is 4.39 Å². The molecule has 0 aliphatic carbocycles. The van der Waals surface area contributed by atoms with E-state index >= 15 is 0 Å². The molecular weight excluding hydrogens is 271 g/mol. The molecule has 1 aliphatic rings. The highest BCUT2D eigenvalue weighted by Crippen LogP contribution is 2.15. The number of aliphatic hydroxyl groups is 1. The van der Waals surface area contributed by atoms with Gasteiger partial charge in [-0.15, -0.1) is 0 Å². The van der Waals surface area contributed by atoms with E-state index in [0.29, 0.717) is 13.1 Å². The summed E-state index contributed by atoms with van der Waals surface area (Å²) < 4.78 is 13.2. The highest BCUT2D eigenvalue weighted by atomic mass is 19.1. The van der Waals surface area contributed by atoms with Gasteiger partial charge in [0.15, 0.2) is 0 Å². The molecule has 0 saturated carbocycles. The lowest BCUT2D eigenvalue weighted by molar-refractivity contribution is -0.136. The number of aliphatic hydroxyl groups excluding tert-OH is 1. The van der Waals surface area contributed by atoms with Crippen LogP contribution in [0.1, 0.15) is 25.3 Å². The van der Waals surface area contributed by atoms with E-state index in [1.54, 1.807) is 18.0 Å². The summed E-state index contributed by atoms with van der Waals surface area (Å²) >= 11 is 0. The fourth-order valence-corrected chi connectivity index (χ4v) is 2.80. The molecule has 0 radical (unpaired) electrons. The second kappa shape index (κ2) is 7.00. The monoisotopic (exact) mass is 294 g/mol. The molecule has 0 spiro atoms. The molecule has 0 aromatic heterocycles. The van der Waals surface area contributed by atoms with Gasteiger partial charge in [-0.3, -0.25) is 9.69 Å². The van der Waals surface area contributed by atoms with Crippen molar-refractivity contribution in [3.05, 3.63) is 35.6 Å². The molecular formula is C16H23FN2O2. The molecule has 0 bridgehead atoms. The number of amides is 1. The largest absolute Gasteiger partial charge is 0.392 e. The average molecular weight is 294 g/mol. The number of likely N-dealkylation sites (N-methyl/N-ethyl adjacent to an activating group) is 1. The summed E-state index contributed by atoms with van der Waals surface area (Å²) in [6, 6.07) is 6.02. The van der Waals surface area contributed by atoms with Crippen LogP contribution in [0.3, 0.4) is 0 Å². The predicted molar refractivity (Wildman–Crippen MR) is 79.1 cm³/mol. The molecule has 1 aromatic carbocycles. The summed E-state index contributed by atoms with van der Waals surface area (Å²) in [6.45, 7) is 3.62. The van der Waals surface area contributed by atoms with Crippen LogP contribution in [0, 0.1) is 5.82 Å². The number of likely N-dealkylation sites (tertiary alicyclic amines) is 1. The molecule has 1 heterocycles. The van der Waals surface area contributed by atoms with Crippen molar-refractivity contribution in [3.8, 4) is 0 Å². The molecule has 1 fully saturated rings. The first-order valence-electron chi connectivity index (χ1n) is 7.39. The predicted octanol–water partition coefficient (Wildman–Crippen LogP) is 1.63. The van der Waals surface area contributed by atoms with Crippen molar-refractivity contribution in [1.29, 1.82) is 0 Å². The van der Waals surface area contributed by atoms with E-state index < -0.39 is 0 Å². The van der Waals surface area contributed by atoms with Gasteiger partial charge in [-0.05, 0) is 44.0 Å². The quantitative estimate of drug-likeness (QED) is 0.918. The minimum absolute atomic E-state index is 0.00615. The van der Waals surface area contributed by atoms with Gasteiger partial charge in [-0.1, -0.05) is 12.1 Å². The van der Waals surface area contributed by atoms with Gasteiger partial charge in [0.05, 0.1) is 12.1 Å². The van der Waals surface area contributed by atoms with Crippen LogP contribution in [0.2, 0.25) is 0 Å². The van der Waals surface area contributed by atoms with Gasteiger partial charge in [-0.25, -0.2) is 4.39 Å². The van der Waals surface area contributed by atoms with Crippen molar-refractivity contribution in [2.75, 3.05) is 20.1 Å². The minimum atomic E-state index is -0.345. The average Bonchev–Trinajstić information content (AvgIpc) is 2.45. The van der Waals surface area contributed by atoms with E-state index in [4.69, 9.17) is 0 Å². The van der Waals surface area contributed by atoms with Gasteiger partial charge in [0.2, 0.25) is 5.91 Å². The zero-order chi connectivity index (χ0) is 15.4. The molecule has 2 atom stereocenters. The Labute approximate surface area is 125 Å². The Bertz CT molecular complexity index is 495. The summed E-state index contributed by atoms with van der Waals surface area (Å²) in [5.41, 5.74) is 0.775. The number of carbonyl (C=O) groups excluding carboxylic acids is 1. The third-order valence-electron chi connectivity index (χ3n) is 4.02. The standard InChI is InChI=1S/C16H23FN2O2/c1-12(19-8-4-7-15(20)11-19)16(21)18(2)10-13-5-3-6-14(17)9-13/h3,5-6,9,12,15,20H,4,7-8,10-11H2,1-2H3. The third kappa shape index (κ3) is 4.25. The Kier molecular flexibility index (Phi) is 5.31. The number of nitrogens with zero attached hydrogens (tertiary/aromatic N) is 2. The number of halogens is 1. The van der Waals surface area contributed by atoms with Crippen LogP contribution in [0.15, 0.2) is 24.3 Å². The SMILES string of the molecule is CC(C(=O)N(C)Cc1cccc(F)c1)N1CCCC(O)C1. The maximum Gasteiger partial charge on any atom is 0.239 e. The van der Waals surface area contributed by atoms with Crippen LogP contribution in [-0.4, -0.2) is 53.1 Å². The zero-order valence-corrected chi connectivity index (χ0v) is 12.6. The Morgan fingerprint density at radius 3 is 3.00 bits per heavy atom. The Hall–Kier alpha value is -1.46. The number of rotatable bonds is 4. The summed E-state index contributed by atoms with van der Waals surface area (Å²) in [4.78, 5) is 16.1. The zero-order valence-electron chi connectivity index (χ0n) is 12.6. The van der Waals surface area contributed by atoms with E-state index in [9.17, 15) is 14.3 Å². The van der Waals surface area contributed by atoms with E-state index in [-0.39, 0.29) is 23.9 Å². The third-order valence-corrected chi connectivity index (χ3v) is 4.02. The first-order valence-corrected chi connectivity index (χ1v) is 7.39. The van der Waals surface area contributed by atoms with Gasteiger partial charge in [0.1, 0.15) is 5.82 Å². The molecule has 2 rings (SSSR count). The summed E-state index contributed by atoms with van der Waals surface area (Å²) in [7, 11) is 1.73. The van der Waals surface area contributed by atoms with Crippen LogP contribution in [0.25, 0.3) is 0 Å². The van der Waals surface area contributed by atoms with Crippen LogP contribution in [-0.2, 0) is 11.3 Å². The van der Waals surface area contributed by atoms with Crippen molar-refractivity contribution in [2.24, 2.45) is 0 Å². The first-order chi connectivity index (χ1) is 9.97. The lowest BCUT2D eigenvalue weighted by atomic mass is 10.1. The van der Waals surface area contributed by atoms with E-state index in [1.165, 1.54) is 12.1 Å². The van der Waals surface area contributed by atoms with Crippen molar-refractivity contribution in [3.63, 3.8) is 0 Å². The van der Waals surface area contributed by atoms with Gasteiger partial charge >= 0.3 is 0 Å². The Morgan fingerprint density at radius 1 is 1.57 bits per heavy atom. The lowest BCUT2D eigenvalue weighted by Crippen LogP contribution is -2.50. The Morgan fingerprint density at radius 2 is 2.33 bits per heavy atom. The summed E-state index contributed by atoms with van der Waals surface area (Å²) in [5, 5.41) is 9.71. The smallest absolute Gasteiger partial charge is 0.239 e. The molecule has 21 heavy (non-hydrogen) atoms. The van der Waals surface area contributed by atoms with Crippen LogP contribution >= 0.6 is 0 Å². The number of piperidine rings is 1. The number of β-amino-alcohol motifs (C(OH)–C–C–N with tert-alkyl or cyclic N) is 1. The molecule has 2 unspecified atom stereocenters. The van der Waals surface area contributed by atoms with Crippen molar-refractivity contribution >= 4 is 5.91 Å².